The molecule has 2 N–H and O–H groups in total. The number of hydrogen-bond donors (Lipinski definition) is 2. The van der Waals surface area contributed by atoms with Crippen LogP contribution in [-0.2, 0) is 6.54 Å². The lowest BCUT2D eigenvalue weighted by Gasteiger charge is -2.12. The summed E-state index contributed by atoms with van der Waals surface area (Å²) < 4.78 is 0. The van der Waals surface area contributed by atoms with Crippen molar-refractivity contribution in [3.63, 3.8) is 0 Å². The van der Waals surface area contributed by atoms with Gasteiger partial charge in [-0.1, -0.05) is 24.3 Å². The number of benzene rings is 1. The summed E-state index contributed by atoms with van der Waals surface area (Å²) in [7, 11) is 0. The second-order valence-corrected chi connectivity index (χ2v) is 4.35. The maximum absolute atomic E-state index is 3.52. The summed E-state index contributed by atoms with van der Waals surface area (Å²) in [4.78, 5) is 0. The standard InChI is InChI=1S/C13H20N2/c1-11-5-2-3-6-12(11)9-14-10-13-7-4-8-15-13/h2-3,5-6,13-15H,4,7-10H2,1H3/t13-/m1/s1. The van der Waals surface area contributed by atoms with Crippen molar-refractivity contribution >= 4 is 0 Å². The van der Waals surface area contributed by atoms with Gasteiger partial charge < -0.3 is 10.6 Å². The number of aryl methyl sites for hydroxylation is 1. The molecule has 1 atom stereocenters. The highest BCUT2D eigenvalue weighted by molar-refractivity contribution is 5.25. The Morgan fingerprint density at radius 3 is 3.00 bits per heavy atom. The molecule has 1 aliphatic rings. The Kier molecular flexibility index (Phi) is 3.75. The van der Waals surface area contributed by atoms with Gasteiger partial charge in [0, 0.05) is 19.1 Å². The minimum absolute atomic E-state index is 0.689. The molecule has 0 saturated carbocycles. The van der Waals surface area contributed by atoms with Gasteiger partial charge in [0.05, 0.1) is 0 Å². The van der Waals surface area contributed by atoms with Crippen molar-refractivity contribution in [1.29, 1.82) is 0 Å². The molecule has 0 unspecified atom stereocenters. The molecule has 15 heavy (non-hydrogen) atoms. The zero-order valence-electron chi connectivity index (χ0n) is 9.42. The molecule has 0 aromatic heterocycles. The van der Waals surface area contributed by atoms with Gasteiger partial charge in [0.15, 0.2) is 0 Å². The van der Waals surface area contributed by atoms with E-state index >= 15 is 0 Å². The van der Waals surface area contributed by atoms with Gasteiger partial charge in [-0.3, -0.25) is 0 Å². The second-order valence-electron chi connectivity index (χ2n) is 4.35. The molecule has 0 bridgehead atoms. The predicted molar refractivity (Wildman–Crippen MR) is 63.9 cm³/mol. The smallest absolute Gasteiger partial charge is 0.0208 e. The van der Waals surface area contributed by atoms with Gasteiger partial charge in [0.1, 0.15) is 0 Å². The first-order chi connectivity index (χ1) is 7.36. The molecule has 1 aromatic carbocycles. The molecule has 1 aromatic rings. The molecule has 2 nitrogen and oxygen atoms in total. The SMILES string of the molecule is Cc1ccccc1CNC[C@H]1CCCN1. The van der Waals surface area contributed by atoms with Crippen LogP contribution in [0.15, 0.2) is 24.3 Å². The van der Waals surface area contributed by atoms with Crippen LogP contribution >= 0.6 is 0 Å². The molecule has 0 radical (unpaired) electrons. The third kappa shape index (κ3) is 3.05. The lowest BCUT2D eigenvalue weighted by atomic mass is 10.1. The Balaban J connectivity index is 1.75. The average Bonchev–Trinajstić information content (AvgIpc) is 2.74. The first kappa shape index (κ1) is 10.7. The first-order valence-electron chi connectivity index (χ1n) is 5.85. The molecule has 1 saturated heterocycles. The summed E-state index contributed by atoms with van der Waals surface area (Å²) in [5.74, 6) is 0. The van der Waals surface area contributed by atoms with Crippen LogP contribution in [0.4, 0.5) is 0 Å². The lowest BCUT2D eigenvalue weighted by molar-refractivity contribution is 0.535. The quantitative estimate of drug-likeness (QED) is 0.782. The van der Waals surface area contributed by atoms with Crippen LogP contribution < -0.4 is 10.6 Å². The van der Waals surface area contributed by atoms with Crippen LogP contribution in [0.5, 0.6) is 0 Å². The van der Waals surface area contributed by atoms with Crippen molar-refractivity contribution in [2.45, 2.75) is 32.4 Å². The maximum atomic E-state index is 3.52. The van der Waals surface area contributed by atoms with Gasteiger partial charge in [-0.15, -0.1) is 0 Å². The average molecular weight is 204 g/mol. The number of nitrogens with one attached hydrogen (secondary N) is 2. The highest BCUT2D eigenvalue weighted by Gasteiger charge is 2.12. The number of rotatable bonds is 4. The largest absolute Gasteiger partial charge is 0.313 e. The van der Waals surface area contributed by atoms with E-state index in [4.69, 9.17) is 0 Å². The van der Waals surface area contributed by atoms with Crippen molar-refractivity contribution in [1.82, 2.24) is 10.6 Å². The van der Waals surface area contributed by atoms with Crippen LogP contribution in [0.2, 0.25) is 0 Å². The maximum Gasteiger partial charge on any atom is 0.0208 e. The van der Waals surface area contributed by atoms with Gasteiger partial charge >= 0.3 is 0 Å². The van der Waals surface area contributed by atoms with Crippen molar-refractivity contribution in [3.05, 3.63) is 35.4 Å². The van der Waals surface area contributed by atoms with E-state index in [2.05, 4.69) is 41.8 Å². The minimum atomic E-state index is 0.689. The van der Waals surface area contributed by atoms with Crippen molar-refractivity contribution in [2.24, 2.45) is 0 Å². The third-order valence-electron chi connectivity index (χ3n) is 3.13. The lowest BCUT2D eigenvalue weighted by Crippen LogP contribution is -2.33. The third-order valence-corrected chi connectivity index (χ3v) is 3.13. The fraction of sp³-hybridized carbons (Fsp3) is 0.538. The predicted octanol–water partition coefficient (Wildman–Crippen LogP) is 1.84. The molecule has 1 heterocycles. The van der Waals surface area contributed by atoms with E-state index in [1.165, 1.54) is 30.5 Å². The molecule has 1 aliphatic heterocycles. The minimum Gasteiger partial charge on any atom is -0.313 e. The van der Waals surface area contributed by atoms with E-state index in [0.717, 1.165) is 13.1 Å². The molecule has 0 spiro atoms. The number of hydrogen-bond acceptors (Lipinski definition) is 2. The summed E-state index contributed by atoms with van der Waals surface area (Å²) in [6, 6.07) is 9.26. The fourth-order valence-electron chi connectivity index (χ4n) is 2.12. The zero-order valence-corrected chi connectivity index (χ0v) is 9.42. The van der Waals surface area contributed by atoms with E-state index in [9.17, 15) is 0 Å². The van der Waals surface area contributed by atoms with Crippen molar-refractivity contribution in [2.75, 3.05) is 13.1 Å². The molecule has 0 aliphatic carbocycles. The summed E-state index contributed by atoms with van der Waals surface area (Å²) in [5, 5.41) is 7.02. The van der Waals surface area contributed by atoms with Crippen LogP contribution in [0.1, 0.15) is 24.0 Å². The Bertz CT molecular complexity index is 303. The summed E-state index contributed by atoms with van der Waals surface area (Å²) >= 11 is 0. The Labute approximate surface area is 92.1 Å². The molecule has 1 fully saturated rings. The van der Waals surface area contributed by atoms with E-state index < -0.39 is 0 Å². The highest BCUT2D eigenvalue weighted by Crippen LogP contribution is 2.07. The van der Waals surface area contributed by atoms with Gasteiger partial charge in [-0.05, 0) is 37.4 Å². The van der Waals surface area contributed by atoms with Crippen LogP contribution in [0.25, 0.3) is 0 Å². The molecular weight excluding hydrogens is 184 g/mol. The van der Waals surface area contributed by atoms with E-state index in [-0.39, 0.29) is 0 Å². The van der Waals surface area contributed by atoms with Crippen LogP contribution in [0.3, 0.4) is 0 Å². The summed E-state index contributed by atoms with van der Waals surface area (Å²) in [5.41, 5.74) is 2.79. The van der Waals surface area contributed by atoms with E-state index in [0.29, 0.717) is 6.04 Å². The Hall–Kier alpha value is -0.860. The molecule has 0 amide bonds. The second kappa shape index (κ2) is 5.29. The van der Waals surface area contributed by atoms with Crippen molar-refractivity contribution in [3.8, 4) is 0 Å². The Morgan fingerprint density at radius 2 is 2.27 bits per heavy atom. The summed E-state index contributed by atoms with van der Waals surface area (Å²) in [6.45, 7) is 5.45. The summed E-state index contributed by atoms with van der Waals surface area (Å²) in [6.07, 6.45) is 2.65. The fourth-order valence-corrected chi connectivity index (χ4v) is 2.12. The topological polar surface area (TPSA) is 24.1 Å². The van der Waals surface area contributed by atoms with Gasteiger partial charge in [-0.2, -0.15) is 0 Å². The van der Waals surface area contributed by atoms with Crippen molar-refractivity contribution < 1.29 is 0 Å². The Morgan fingerprint density at radius 1 is 1.40 bits per heavy atom. The monoisotopic (exact) mass is 204 g/mol. The first-order valence-corrected chi connectivity index (χ1v) is 5.85. The molecule has 2 heteroatoms. The van der Waals surface area contributed by atoms with Crippen LogP contribution in [-0.4, -0.2) is 19.1 Å². The molecule has 2 rings (SSSR count). The molecule has 82 valence electrons. The van der Waals surface area contributed by atoms with Gasteiger partial charge in [0.2, 0.25) is 0 Å². The zero-order chi connectivity index (χ0) is 10.5. The van der Waals surface area contributed by atoms with Gasteiger partial charge in [-0.25, -0.2) is 0 Å². The van der Waals surface area contributed by atoms with E-state index in [1.807, 2.05) is 0 Å². The normalized spacial score (nSPS) is 20.7. The van der Waals surface area contributed by atoms with Gasteiger partial charge in [0.25, 0.3) is 0 Å². The van der Waals surface area contributed by atoms with Crippen LogP contribution in [0, 0.1) is 6.92 Å². The van der Waals surface area contributed by atoms with E-state index in [1.54, 1.807) is 0 Å². The highest BCUT2D eigenvalue weighted by atomic mass is 15.0. The molecular formula is C13H20N2.